The standard InChI is InChI=1S/C30H41N3O6S/c1-4-26(30(35)31-24-9-7-6-8-10-24)32(20-23-13-11-22(3)12-14-23)29(34)21-33(40(36,37)5-2)25-15-16-27-28(19-25)39-18-17-38-27/h11-16,19,24,26H,4-10,17-18,20-21H2,1-3H3,(H,31,35). The Morgan fingerprint density at radius 2 is 1.65 bits per heavy atom. The third kappa shape index (κ3) is 7.27. The van der Waals surface area contributed by atoms with Crippen molar-refractivity contribution in [3.63, 3.8) is 0 Å². The minimum absolute atomic E-state index is 0.0984. The van der Waals surface area contributed by atoms with Crippen molar-refractivity contribution in [1.82, 2.24) is 10.2 Å². The Morgan fingerprint density at radius 1 is 0.975 bits per heavy atom. The Labute approximate surface area is 237 Å². The van der Waals surface area contributed by atoms with Crippen LogP contribution in [0.1, 0.15) is 63.5 Å². The van der Waals surface area contributed by atoms with Crippen molar-refractivity contribution in [3.05, 3.63) is 53.6 Å². The topological polar surface area (TPSA) is 105 Å². The number of rotatable bonds is 11. The summed E-state index contributed by atoms with van der Waals surface area (Å²) in [5, 5.41) is 3.17. The molecule has 1 saturated carbocycles. The van der Waals surface area contributed by atoms with E-state index in [2.05, 4.69) is 5.32 Å². The van der Waals surface area contributed by atoms with Crippen LogP contribution in [0.4, 0.5) is 5.69 Å². The Balaban J connectivity index is 1.64. The molecule has 1 heterocycles. The molecule has 9 nitrogen and oxygen atoms in total. The second-order valence-corrected chi connectivity index (χ2v) is 12.7. The number of aryl methyl sites for hydroxylation is 1. The van der Waals surface area contributed by atoms with E-state index < -0.39 is 28.5 Å². The molecular weight excluding hydrogens is 530 g/mol. The highest BCUT2D eigenvalue weighted by atomic mass is 32.2. The predicted molar refractivity (Wildman–Crippen MR) is 155 cm³/mol. The zero-order chi connectivity index (χ0) is 28.7. The van der Waals surface area contributed by atoms with Crippen LogP contribution in [0.2, 0.25) is 0 Å². The van der Waals surface area contributed by atoms with E-state index in [0.29, 0.717) is 36.8 Å². The largest absolute Gasteiger partial charge is 0.486 e. The number of ether oxygens (including phenoxy) is 2. The van der Waals surface area contributed by atoms with Gasteiger partial charge in [-0.05, 0) is 50.8 Å². The van der Waals surface area contributed by atoms with E-state index in [9.17, 15) is 18.0 Å². The minimum atomic E-state index is -3.83. The molecule has 2 amide bonds. The van der Waals surface area contributed by atoms with E-state index in [4.69, 9.17) is 9.47 Å². The van der Waals surface area contributed by atoms with Gasteiger partial charge in [-0.3, -0.25) is 13.9 Å². The van der Waals surface area contributed by atoms with Gasteiger partial charge in [-0.25, -0.2) is 8.42 Å². The van der Waals surface area contributed by atoms with Gasteiger partial charge in [0.25, 0.3) is 0 Å². The van der Waals surface area contributed by atoms with Crippen molar-refractivity contribution in [3.8, 4) is 11.5 Å². The highest BCUT2D eigenvalue weighted by molar-refractivity contribution is 7.92. The van der Waals surface area contributed by atoms with Gasteiger partial charge in [-0.15, -0.1) is 0 Å². The van der Waals surface area contributed by atoms with Gasteiger partial charge < -0.3 is 19.7 Å². The van der Waals surface area contributed by atoms with Crippen molar-refractivity contribution in [2.45, 2.75) is 77.9 Å². The number of anilines is 1. The summed E-state index contributed by atoms with van der Waals surface area (Å²) in [6.45, 7) is 5.93. The molecule has 4 rings (SSSR count). The maximum Gasteiger partial charge on any atom is 0.244 e. The smallest absolute Gasteiger partial charge is 0.244 e. The quantitative estimate of drug-likeness (QED) is 0.434. The molecule has 40 heavy (non-hydrogen) atoms. The van der Waals surface area contributed by atoms with Crippen LogP contribution in [0.15, 0.2) is 42.5 Å². The fourth-order valence-electron chi connectivity index (χ4n) is 5.26. The summed E-state index contributed by atoms with van der Waals surface area (Å²) in [5.74, 6) is 0.132. The van der Waals surface area contributed by atoms with E-state index in [-0.39, 0.29) is 24.2 Å². The van der Waals surface area contributed by atoms with E-state index >= 15 is 0 Å². The number of nitrogens with one attached hydrogen (secondary N) is 1. The molecule has 0 aromatic heterocycles. The average molecular weight is 572 g/mol. The first-order valence-corrected chi connectivity index (χ1v) is 15.9. The van der Waals surface area contributed by atoms with Crippen molar-refractivity contribution in [2.24, 2.45) is 0 Å². The minimum Gasteiger partial charge on any atom is -0.486 e. The van der Waals surface area contributed by atoms with Gasteiger partial charge in [0.1, 0.15) is 25.8 Å². The zero-order valence-electron chi connectivity index (χ0n) is 23.7. The average Bonchev–Trinajstić information content (AvgIpc) is 2.97. The molecule has 0 bridgehead atoms. The number of sulfonamides is 1. The molecule has 0 spiro atoms. The Morgan fingerprint density at radius 3 is 2.30 bits per heavy atom. The van der Waals surface area contributed by atoms with Crippen LogP contribution in [-0.2, 0) is 26.2 Å². The molecule has 1 N–H and O–H groups in total. The lowest BCUT2D eigenvalue weighted by Gasteiger charge is -2.34. The lowest BCUT2D eigenvalue weighted by Crippen LogP contribution is -2.54. The predicted octanol–water partition coefficient (Wildman–Crippen LogP) is 4.18. The number of fused-ring (bicyclic) bond motifs is 1. The van der Waals surface area contributed by atoms with E-state index in [1.165, 1.54) is 11.3 Å². The molecular formula is C30H41N3O6S. The SMILES string of the molecule is CCC(C(=O)NC1CCCCC1)N(Cc1ccc(C)cc1)C(=O)CN(c1ccc2c(c1)OCCO2)S(=O)(=O)CC. The summed E-state index contributed by atoms with van der Waals surface area (Å²) in [5.41, 5.74) is 2.27. The number of benzene rings is 2. The molecule has 1 atom stereocenters. The van der Waals surface area contributed by atoms with Crippen LogP contribution in [-0.4, -0.2) is 62.7 Å². The molecule has 1 unspecified atom stereocenters. The summed E-state index contributed by atoms with van der Waals surface area (Å²) < 4.78 is 38.9. The summed E-state index contributed by atoms with van der Waals surface area (Å²) >= 11 is 0. The highest BCUT2D eigenvalue weighted by Gasteiger charge is 2.33. The summed E-state index contributed by atoms with van der Waals surface area (Å²) in [7, 11) is -3.83. The van der Waals surface area contributed by atoms with Crippen LogP contribution in [0.25, 0.3) is 0 Å². The first-order chi connectivity index (χ1) is 19.2. The number of amides is 2. The van der Waals surface area contributed by atoms with Crippen molar-refractivity contribution in [1.29, 1.82) is 0 Å². The molecule has 218 valence electrons. The zero-order valence-corrected chi connectivity index (χ0v) is 24.5. The number of hydrogen-bond acceptors (Lipinski definition) is 6. The summed E-state index contributed by atoms with van der Waals surface area (Å²) in [6, 6.07) is 12.0. The normalized spacial score (nSPS) is 16.2. The number of nitrogens with zero attached hydrogens (tertiary/aromatic N) is 2. The molecule has 0 saturated heterocycles. The van der Waals surface area contributed by atoms with Gasteiger partial charge in [-0.2, -0.15) is 0 Å². The Kier molecular flexibility index (Phi) is 9.95. The fourth-order valence-corrected chi connectivity index (χ4v) is 6.31. The number of hydrogen-bond donors (Lipinski definition) is 1. The van der Waals surface area contributed by atoms with Crippen LogP contribution < -0.4 is 19.1 Å². The Bertz CT molecular complexity index is 1270. The fraction of sp³-hybridized carbons (Fsp3) is 0.533. The molecule has 2 aliphatic rings. The van der Waals surface area contributed by atoms with Crippen LogP contribution >= 0.6 is 0 Å². The monoisotopic (exact) mass is 571 g/mol. The van der Waals surface area contributed by atoms with Gasteiger partial charge in [0.05, 0.1) is 11.4 Å². The molecule has 1 fully saturated rings. The van der Waals surface area contributed by atoms with Crippen LogP contribution in [0.5, 0.6) is 11.5 Å². The maximum absolute atomic E-state index is 14.0. The summed E-state index contributed by atoms with van der Waals surface area (Å²) in [4.78, 5) is 29.1. The Hall–Kier alpha value is -3.27. The van der Waals surface area contributed by atoms with Gasteiger partial charge in [0, 0.05) is 18.7 Å². The summed E-state index contributed by atoms with van der Waals surface area (Å²) in [6.07, 6.45) is 5.59. The number of carbonyl (C=O) groups excluding carboxylic acids is 2. The van der Waals surface area contributed by atoms with Crippen molar-refractivity contribution in [2.75, 3.05) is 29.8 Å². The third-order valence-electron chi connectivity index (χ3n) is 7.60. The maximum atomic E-state index is 14.0. The second kappa shape index (κ2) is 13.4. The molecule has 0 radical (unpaired) electrons. The van der Waals surface area contributed by atoms with Crippen molar-refractivity contribution >= 4 is 27.5 Å². The first-order valence-electron chi connectivity index (χ1n) is 14.3. The molecule has 2 aromatic carbocycles. The van der Waals surface area contributed by atoms with Gasteiger partial charge in [0.15, 0.2) is 11.5 Å². The second-order valence-electron chi connectivity index (χ2n) is 10.5. The van der Waals surface area contributed by atoms with E-state index in [1.54, 1.807) is 25.1 Å². The van der Waals surface area contributed by atoms with Gasteiger partial charge in [-0.1, -0.05) is 56.0 Å². The molecule has 1 aliphatic carbocycles. The number of carbonyl (C=O) groups is 2. The van der Waals surface area contributed by atoms with Crippen LogP contribution in [0, 0.1) is 6.92 Å². The first kappa shape index (κ1) is 29.7. The van der Waals surface area contributed by atoms with Gasteiger partial charge >= 0.3 is 0 Å². The highest BCUT2D eigenvalue weighted by Crippen LogP contribution is 2.35. The molecule has 1 aliphatic heterocycles. The van der Waals surface area contributed by atoms with E-state index in [0.717, 1.165) is 41.1 Å². The van der Waals surface area contributed by atoms with Crippen LogP contribution in [0.3, 0.4) is 0 Å². The van der Waals surface area contributed by atoms with E-state index in [1.807, 2.05) is 38.1 Å². The lowest BCUT2D eigenvalue weighted by molar-refractivity contribution is -0.140. The lowest BCUT2D eigenvalue weighted by atomic mass is 9.95. The third-order valence-corrected chi connectivity index (χ3v) is 9.35. The molecule has 2 aromatic rings. The molecule has 10 heteroatoms. The van der Waals surface area contributed by atoms with Gasteiger partial charge in [0.2, 0.25) is 21.8 Å². The van der Waals surface area contributed by atoms with Crippen molar-refractivity contribution < 1.29 is 27.5 Å².